The molecule has 1 heterocycles. The van der Waals surface area contributed by atoms with Gasteiger partial charge in [0.05, 0.1) is 5.39 Å². The Morgan fingerprint density at radius 3 is 2.38 bits per heavy atom. The zero-order valence-corrected chi connectivity index (χ0v) is 16.9. The maximum Gasteiger partial charge on any atom is 0.407 e. The van der Waals surface area contributed by atoms with Crippen molar-refractivity contribution in [3.05, 3.63) is 40.3 Å². The Kier molecular flexibility index (Phi) is 6.92. The van der Waals surface area contributed by atoms with Crippen LogP contribution in [0.5, 0.6) is 0 Å². The third-order valence-corrected chi connectivity index (χ3v) is 3.72. The Bertz CT molecular complexity index is 977. The van der Waals surface area contributed by atoms with Gasteiger partial charge in [-0.25, -0.2) is 9.48 Å². The fourth-order valence-corrected chi connectivity index (χ4v) is 2.46. The van der Waals surface area contributed by atoms with Crippen LogP contribution in [0.3, 0.4) is 0 Å². The molecule has 2 aromatic rings. The molecule has 10 heteroatoms. The number of rotatable bonds is 5. The fraction of sp³-hybridized carbons (Fsp3) is 0.421. The number of carbonyl (C=O) groups excluding carboxylic acids is 3. The molecule has 1 aromatic carbocycles. The van der Waals surface area contributed by atoms with Gasteiger partial charge in [0.1, 0.15) is 5.60 Å². The van der Waals surface area contributed by atoms with Crippen molar-refractivity contribution in [2.75, 3.05) is 6.54 Å². The Labute approximate surface area is 167 Å². The first-order valence-electron chi connectivity index (χ1n) is 9.18. The van der Waals surface area contributed by atoms with Crippen LogP contribution < -0.4 is 21.7 Å². The van der Waals surface area contributed by atoms with Crippen LogP contribution in [0.15, 0.2) is 29.1 Å². The standard InChI is InChI=1S/C19H25N5O5/c1-5-24-17(27)13-9-7-6-8-12(13)15(23-24)16(26)22-21-14(25)10-11-20-18(28)29-19(2,3)4/h6-9H,5,10-11H2,1-4H3,(H,20,28)(H,21,25)(H,22,26). The second-order valence-electron chi connectivity index (χ2n) is 7.20. The van der Waals surface area contributed by atoms with Crippen LogP contribution in [-0.2, 0) is 16.1 Å². The molecular formula is C19H25N5O5. The number of hydrogen-bond donors (Lipinski definition) is 3. The maximum atomic E-state index is 12.5. The minimum Gasteiger partial charge on any atom is -0.444 e. The first-order valence-corrected chi connectivity index (χ1v) is 9.18. The number of hydrazine groups is 1. The summed E-state index contributed by atoms with van der Waals surface area (Å²) in [6, 6.07) is 6.62. The number of benzene rings is 1. The number of hydrogen-bond acceptors (Lipinski definition) is 6. The van der Waals surface area contributed by atoms with E-state index >= 15 is 0 Å². The van der Waals surface area contributed by atoms with Crippen molar-refractivity contribution in [3.8, 4) is 0 Å². The highest BCUT2D eigenvalue weighted by molar-refractivity contribution is 6.05. The molecule has 0 saturated carbocycles. The van der Waals surface area contributed by atoms with Gasteiger partial charge in [-0.05, 0) is 33.8 Å². The van der Waals surface area contributed by atoms with Crippen LogP contribution in [0.4, 0.5) is 4.79 Å². The van der Waals surface area contributed by atoms with Crippen LogP contribution in [0, 0.1) is 0 Å². The topological polar surface area (TPSA) is 131 Å². The lowest BCUT2D eigenvalue weighted by Crippen LogP contribution is -2.44. The van der Waals surface area contributed by atoms with Gasteiger partial charge in [-0.15, -0.1) is 0 Å². The average Bonchev–Trinajstić information content (AvgIpc) is 2.65. The van der Waals surface area contributed by atoms with E-state index in [0.29, 0.717) is 17.3 Å². The SMILES string of the molecule is CCn1nc(C(=O)NNC(=O)CCNC(=O)OC(C)(C)C)c2ccccc2c1=O. The number of aryl methyl sites for hydroxylation is 1. The van der Waals surface area contributed by atoms with Gasteiger partial charge in [-0.1, -0.05) is 18.2 Å². The lowest BCUT2D eigenvalue weighted by atomic mass is 10.1. The molecule has 0 aliphatic carbocycles. The van der Waals surface area contributed by atoms with Gasteiger partial charge in [0.25, 0.3) is 11.5 Å². The summed E-state index contributed by atoms with van der Waals surface area (Å²) < 4.78 is 6.24. The predicted octanol–water partition coefficient (Wildman–Crippen LogP) is 1.09. The Hall–Kier alpha value is -3.43. The van der Waals surface area contributed by atoms with E-state index in [1.165, 1.54) is 4.68 Å². The summed E-state index contributed by atoms with van der Waals surface area (Å²) in [4.78, 5) is 48.2. The number of ether oxygens (including phenoxy) is 1. The van der Waals surface area contributed by atoms with Gasteiger partial charge in [0.15, 0.2) is 5.69 Å². The third kappa shape index (κ3) is 6.03. The number of aromatic nitrogens is 2. The first kappa shape index (κ1) is 21.9. The van der Waals surface area contributed by atoms with Crippen molar-refractivity contribution < 1.29 is 19.1 Å². The quantitative estimate of drug-likeness (QED) is 0.641. The van der Waals surface area contributed by atoms with Gasteiger partial charge < -0.3 is 10.1 Å². The van der Waals surface area contributed by atoms with E-state index in [-0.39, 0.29) is 24.2 Å². The summed E-state index contributed by atoms with van der Waals surface area (Å²) in [5.41, 5.74) is 3.63. The molecule has 0 spiro atoms. The molecule has 29 heavy (non-hydrogen) atoms. The van der Waals surface area contributed by atoms with E-state index < -0.39 is 23.5 Å². The molecule has 2 rings (SSSR count). The lowest BCUT2D eigenvalue weighted by Gasteiger charge is -2.19. The van der Waals surface area contributed by atoms with Gasteiger partial charge >= 0.3 is 6.09 Å². The number of alkyl carbamates (subject to hydrolysis) is 1. The Morgan fingerprint density at radius 1 is 1.10 bits per heavy atom. The summed E-state index contributed by atoms with van der Waals surface area (Å²) in [6.07, 6.45) is -0.700. The van der Waals surface area contributed by atoms with Crippen molar-refractivity contribution in [2.45, 2.75) is 46.3 Å². The van der Waals surface area contributed by atoms with E-state index in [1.807, 2.05) is 0 Å². The van der Waals surface area contributed by atoms with Crippen molar-refractivity contribution in [2.24, 2.45) is 0 Å². The van der Waals surface area contributed by atoms with Crippen molar-refractivity contribution in [1.82, 2.24) is 25.9 Å². The van der Waals surface area contributed by atoms with Crippen LogP contribution in [-0.4, -0.2) is 39.8 Å². The monoisotopic (exact) mass is 403 g/mol. The number of amides is 3. The highest BCUT2D eigenvalue weighted by atomic mass is 16.6. The molecule has 3 amide bonds. The normalized spacial score (nSPS) is 11.0. The minimum atomic E-state index is -0.656. The number of carbonyl (C=O) groups is 3. The largest absolute Gasteiger partial charge is 0.444 e. The predicted molar refractivity (Wildman–Crippen MR) is 106 cm³/mol. The maximum absolute atomic E-state index is 12.5. The van der Waals surface area contributed by atoms with E-state index in [9.17, 15) is 19.2 Å². The molecule has 0 fully saturated rings. The molecule has 0 aliphatic heterocycles. The van der Waals surface area contributed by atoms with E-state index in [2.05, 4.69) is 21.3 Å². The Balaban J connectivity index is 1.96. The van der Waals surface area contributed by atoms with E-state index in [0.717, 1.165) is 0 Å². The summed E-state index contributed by atoms with van der Waals surface area (Å²) in [5.74, 6) is -1.17. The lowest BCUT2D eigenvalue weighted by molar-refractivity contribution is -0.121. The molecule has 3 N–H and O–H groups in total. The highest BCUT2D eigenvalue weighted by Gasteiger charge is 2.18. The molecule has 0 aliphatic rings. The molecule has 0 saturated heterocycles. The van der Waals surface area contributed by atoms with Gasteiger partial charge in [0, 0.05) is 24.9 Å². The highest BCUT2D eigenvalue weighted by Crippen LogP contribution is 2.13. The number of nitrogens with zero attached hydrogens (tertiary/aromatic N) is 2. The van der Waals surface area contributed by atoms with Gasteiger partial charge in [-0.3, -0.25) is 25.2 Å². The molecule has 0 atom stereocenters. The van der Waals surface area contributed by atoms with Crippen LogP contribution in [0.25, 0.3) is 10.8 Å². The number of nitrogens with one attached hydrogen (secondary N) is 3. The molecule has 1 aromatic heterocycles. The van der Waals surface area contributed by atoms with E-state index in [1.54, 1.807) is 52.0 Å². The van der Waals surface area contributed by atoms with Gasteiger partial charge in [0.2, 0.25) is 5.91 Å². The Morgan fingerprint density at radius 2 is 1.76 bits per heavy atom. The zero-order chi connectivity index (χ0) is 21.6. The van der Waals surface area contributed by atoms with E-state index in [4.69, 9.17) is 4.74 Å². The molecule has 0 radical (unpaired) electrons. The number of fused-ring (bicyclic) bond motifs is 1. The first-order chi connectivity index (χ1) is 13.6. The summed E-state index contributed by atoms with van der Waals surface area (Å²) in [6.45, 7) is 7.27. The van der Waals surface area contributed by atoms with Gasteiger partial charge in [-0.2, -0.15) is 5.10 Å². The van der Waals surface area contributed by atoms with Crippen LogP contribution >= 0.6 is 0 Å². The molecule has 10 nitrogen and oxygen atoms in total. The smallest absolute Gasteiger partial charge is 0.407 e. The zero-order valence-electron chi connectivity index (χ0n) is 16.9. The second kappa shape index (κ2) is 9.18. The second-order valence-corrected chi connectivity index (χ2v) is 7.20. The minimum absolute atomic E-state index is 0.0224. The summed E-state index contributed by atoms with van der Waals surface area (Å²) in [7, 11) is 0. The molecule has 0 unspecified atom stereocenters. The average molecular weight is 403 g/mol. The molecular weight excluding hydrogens is 378 g/mol. The van der Waals surface area contributed by atoms with Crippen molar-refractivity contribution in [3.63, 3.8) is 0 Å². The third-order valence-electron chi connectivity index (χ3n) is 3.72. The molecule has 0 bridgehead atoms. The van der Waals surface area contributed by atoms with Crippen molar-refractivity contribution >= 4 is 28.7 Å². The van der Waals surface area contributed by atoms with Crippen LogP contribution in [0.2, 0.25) is 0 Å². The van der Waals surface area contributed by atoms with Crippen molar-refractivity contribution in [1.29, 1.82) is 0 Å². The van der Waals surface area contributed by atoms with Crippen LogP contribution in [0.1, 0.15) is 44.6 Å². The summed E-state index contributed by atoms with van der Waals surface area (Å²) in [5, 5.41) is 7.29. The molecule has 156 valence electrons. The summed E-state index contributed by atoms with van der Waals surface area (Å²) >= 11 is 0. The fourth-order valence-electron chi connectivity index (χ4n) is 2.46.